The van der Waals surface area contributed by atoms with Gasteiger partial charge in [-0.05, 0) is 44.9 Å². The number of nitrogens with one attached hydrogen (secondary N) is 1. The van der Waals surface area contributed by atoms with Crippen molar-refractivity contribution in [1.82, 2.24) is 19.8 Å². The standard InChI is InChI=1S/C22H36N4O3.CH2O2/c1-15(2)8-10-22(21(28)25(4)14-19-23-13-16(3)24-19)12-17-6-7-18(22)26(17)20(27)9-11-29-5;2-1-3/h13,15,17-18H,6-12,14H2,1-5H3,(H,23,24);1H,(H,2,3)/t17-,18+,22+;/m1./s1. The molecule has 0 unspecified atom stereocenters. The van der Waals surface area contributed by atoms with Crippen LogP contribution in [0, 0.1) is 18.3 Å². The molecule has 32 heavy (non-hydrogen) atoms. The molecule has 2 bridgehead atoms. The van der Waals surface area contributed by atoms with Crippen molar-refractivity contribution >= 4 is 18.3 Å². The minimum atomic E-state index is -0.480. The van der Waals surface area contributed by atoms with Crippen molar-refractivity contribution in [2.75, 3.05) is 20.8 Å². The van der Waals surface area contributed by atoms with Crippen molar-refractivity contribution in [3.8, 4) is 0 Å². The van der Waals surface area contributed by atoms with Gasteiger partial charge in [0.2, 0.25) is 11.8 Å². The molecule has 2 N–H and O–H groups in total. The summed E-state index contributed by atoms with van der Waals surface area (Å²) in [6, 6.07) is 0.184. The Hall–Kier alpha value is -2.42. The molecule has 0 saturated carbocycles. The van der Waals surface area contributed by atoms with E-state index in [9.17, 15) is 9.59 Å². The number of ether oxygens (including phenoxy) is 1. The molecule has 3 heterocycles. The van der Waals surface area contributed by atoms with E-state index in [1.54, 1.807) is 18.2 Å². The first-order valence-electron chi connectivity index (χ1n) is 11.3. The van der Waals surface area contributed by atoms with Crippen LogP contribution in [0.3, 0.4) is 0 Å². The number of amides is 2. The van der Waals surface area contributed by atoms with E-state index in [1.165, 1.54) is 0 Å². The highest BCUT2D eigenvalue weighted by Gasteiger charge is 2.61. The van der Waals surface area contributed by atoms with E-state index in [1.807, 2.05) is 18.9 Å². The number of carboxylic acid groups (broad SMARTS) is 1. The molecule has 0 radical (unpaired) electrons. The lowest BCUT2D eigenvalue weighted by Crippen LogP contribution is -2.50. The number of carbonyl (C=O) groups excluding carboxylic acids is 2. The van der Waals surface area contributed by atoms with Gasteiger partial charge in [0.15, 0.2) is 0 Å². The van der Waals surface area contributed by atoms with Crippen molar-refractivity contribution < 1.29 is 24.2 Å². The van der Waals surface area contributed by atoms with Gasteiger partial charge < -0.3 is 24.6 Å². The lowest BCUT2D eigenvalue weighted by Gasteiger charge is -2.39. The molecular formula is C23H38N4O5. The normalized spacial score (nSPS) is 23.8. The van der Waals surface area contributed by atoms with E-state index in [2.05, 4.69) is 23.8 Å². The van der Waals surface area contributed by atoms with E-state index in [4.69, 9.17) is 14.6 Å². The van der Waals surface area contributed by atoms with Crippen LogP contribution in [0.4, 0.5) is 0 Å². The highest BCUT2D eigenvalue weighted by molar-refractivity contribution is 5.87. The second-order valence-electron chi connectivity index (χ2n) is 9.36. The van der Waals surface area contributed by atoms with Crippen LogP contribution in [0.25, 0.3) is 0 Å². The molecule has 1 aromatic heterocycles. The van der Waals surface area contributed by atoms with Gasteiger partial charge in [0, 0.05) is 38.1 Å². The number of carbonyl (C=O) groups is 3. The topological polar surface area (TPSA) is 116 Å². The second-order valence-corrected chi connectivity index (χ2v) is 9.36. The third-order valence-electron chi connectivity index (χ3n) is 6.63. The Bertz CT molecular complexity index is 780. The van der Waals surface area contributed by atoms with Crippen molar-refractivity contribution in [1.29, 1.82) is 0 Å². The molecule has 2 fully saturated rings. The zero-order valence-electron chi connectivity index (χ0n) is 20.0. The molecule has 9 nitrogen and oxygen atoms in total. The van der Waals surface area contributed by atoms with Gasteiger partial charge in [-0.2, -0.15) is 0 Å². The lowest BCUT2D eigenvalue weighted by molar-refractivity contribution is -0.145. The number of fused-ring (bicyclic) bond motifs is 2. The molecule has 9 heteroatoms. The average molecular weight is 451 g/mol. The summed E-state index contributed by atoms with van der Waals surface area (Å²) in [4.78, 5) is 46.4. The minimum absolute atomic E-state index is 0.00360. The van der Waals surface area contributed by atoms with Gasteiger partial charge in [0.05, 0.1) is 25.0 Å². The van der Waals surface area contributed by atoms with Crippen LogP contribution < -0.4 is 0 Å². The monoisotopic (exact) mass is 450 g/mol. The number of aromatic nitrogens is 2. The summed E-state index contributed by atoms with van der Waals surface area (Å²) in [5.74, 6) is 1.61. The fourth-order valence-electron chi connectivity index (χ4n) is 5.25. The molecule has 0 spiro atoms. The fourth-order valence-corrected chi connectivity index (χ4v) is 5.25. The van der Waals surface area contributed by atoms with Gasteiger partial charge in [0.1, 0.15) is 5.82 Å². The summed E-state index contributed by atoms with van der Waals surface area (Å²) in [7, 11) is 3.48. The van der Waals surface area contributed by atoms with E-state index in [-0.39, 0.29) is 30.4 Å². The van der Waals surface area contributed by atoms with E-state index in [0.717, 1.165) is 43.6 Å². The maximum Gasteiger partial charge on any atom is 0.290 e. The molecule has 2 amide bonds. The highest BCUT2D eigenvalue weighted by Crippen LogP contribution is 2.53. The Morgan fingerprint density at radius 1 is 1.44 bits per heavy atom. The molecule has 0 aliphatic carbocycles. The van der Waals surface area contributed by atoms with Gasteiger partial charge >= 0.3 is 0 Å². The summed E-state index contributed by atoms with van der Waals surface area (Å²) in [6.07, 6.45) is 6.70. The maximum atomic E-state index is 13.8. The first kappa shape index (κ1) is 25.8. The van der Waals surface area contributed by atoms with E-state index in [0.29, 0.717) is 25.5 Å². The molecule has 3 atom stereocenters. The van der Waals surface area contributed by atoms with Gasteiger partial charge in [-0.15, -0.1) is 0 Å². The third kappa shape index (κ3) is 5.68. The number of methoxy groups -OCH3 is 1. The predicted molar refractivity (Wildman–Crippen MR) is 120 cm³/mol. The predicted octanol–water partition coefficient (Wildman–Crippen LogP) is 2.60. The van der Waals surface area contributed by atoms with Crippen LogP contribution in [0.15, 0.2) is 6.20 Å². The number of rotatable bonds is 9. The van der Waals surface area contributed by atoms with Gasteiger partial charge in [-0.1, -0.05) is 13.8 Å². The molecule has 180 valence electrons. The molecule has 2 saturated heterocycles. The Morgan fingerprint density at radius 3 is 2.69 bits per heavy atom. The van der Waals surface area contributed by atoms with Crippen molar-refractivity contribution in [2.45, 2.75) is 77.9 Å². The third-order valence-corrected chi connectivity index (χ3v) is 6.63. The van der Waals surface area contributed by atoms with E-state index >= 15 is 0 Å². The molecule has 1 aromatic rings. The van der Waals surface area contributed by atoms with Crippen LogP contribution in [0.2, 0.25) is 0 Å². The van der Waals surface area contributed by atoms with Gasteiger partial charge in [-0.25, -0.2) is 4.98 Å². The number of aryl methyl sites for hydroxylation is 1. The summed E-state index contributed by atoms with van der Waals surface area (Å²) in [5, 5.41) is 6.89. The summed E-state index contributed by atoms with van der Waals surface area (Å²) in [5.41, 5.74) is 0.511. The number of H-pyrrole nitrogens is 1. The SMILES string of the molecule is COCCC(=O)N1[C@@H]2CC[C@H]1[C@@](CCC(C)C)(C(=O)N(C)Cc1ncc(C)[nH]1)C2.O=CO. The zero-order chi connectivity index (χ0) is 23.9. The Morgan fingerprint density at radius 2 is 2.12 bits per heavy atom. The second kappa shape index (κ2) is 11.4. The fraction of sp³-hybridized carbons (Fsp3) is 0.739. The Labute approximate surface area is 190 Å². The van der Waals surface area contributed by atoms with Crippen molar-refractivity contribution in [2.24, 2.45) is 11.3 Å². The van der Waals surface area contributed by atoms with Crippen molar-refractivity contribution in [3.05, 3.63) is 17.7 Å². The summed E-state index contributed by atoms with van der Waals surface area (Å²) in [6.45, 7) is 7.00. The molecule has 3 rings (SSSR count). The van der Waals surface area contributed by atoms with Crippen LogP contribution >= 0.6 is 0 Å². The number of hydrogen-bond donors (Lipinski definition) is 2. The first-order valence-corrected chi connectivity index (χ1v) is 11.3. The highest BCUT2D eigenvalue weighted by atomic mass is 16.5. The molecule has 0 aromatic carbocycles. The quantitative estimate of drug-likeness (QED) is 0.559. The molecule has 2 aliphatic heterocycles. The smallest absolute Gasteiger partial charge is 0.290 e. The zero-order valence-corrected chi connectivity index (χ0v) is 20.0. The largest absolute Gasteiger partial charge is 0.483 e. The molecular weight excluding hydrogens is 412 g/mol. The number of nitrogens with zero attached hydrogens (tertiary/aromatic N) is 3. The molecule has 2 aliphatic rings. The van der Waals surface area contributed by atoms with Crippen molar-refractivity contribution in [3.63, 3.8) is 0 Å². The number of hydrogen-bond acceptors (Lipinski definition) is 5. The van der Waals surface area contributed by atoms with Crippen LogP contribution in [0.1, 0.15) is 63.9 Å². The summed E-state index contributed by atoms with van der Waals surface area (Å²) < 4.78 is 5.11. The number of imidazole rings is 1. The lowest BCUT2D eigenvalue weighted by atomic mass is 9.69. The van der Waals surface area contributed by atoms with Gasteiger partial charge in [-0.3, -0.25) is 14.4 Å². The Balaban J connectivity index is 0.00000114. The maximum absolute atomic E-state index is 13.8. The van der Waals surface area contributed by atoms with Crippen LogP contribution in [-0.4, -0.2) is 76.0 Å². The average Bonchev–Trinajstić information content (AvgIpc) is 3.44. The Kier molecular flexibility index (Phi) is 9.24. The van der Waals surface area contributed by atoms with Crippen LogP contribution in [0.5, 0.6) is 0 Å². The van der Waals surface area contributed by atoms with Gasteiger partial charge in [0.25, 0.3) is 6.47 Å². The van der Waals surface area contributed by atoms with E-state index < -0.39 is 5.41 Å². The van der Waals surface area contributed by atoms with Crippen LogP contribution in [-0.2, 0) is 25.7 Å². The summed E-state index contributed by atoms with van der Waals surface area (Å²) >= 11 is 0. The number of aromatic amines is 1. The minimum Gasteiger partial charge on any atom is -0.483 e. The first-order chi connectivity index (χ1) is 15.2.